The summed E-state index contributed by atoms with van der Waals surface area (Å²) in [5.74, 6) is 0.821. The molecule has 16 heavy (non-hydrogen) atoms. The lowest BCUT2D eigenvalue weighted by molar-refractivity contribution is 0.177. The van der Waals surface area contributed by atoms with Crippen molar-refractivity contribution in [2.24, 2.45) is 0 Å². The van der Waals surface area contributed by atoms with Crippen LogP contribution in [0.3, 0.4) is 0 Å². The summed E-state index contributed by atoms with van der Waals surface area (Å²) in [6.07, 6.45) is 0.382. The maximum Gasteiger partial charge on any atom is 0.123 e. The predicted octanol–water partition coefficient (Wildman–Crippen LogP) is 2.27. The second-order valence-electron chi connectivity index (χ2n) is 3.61. The molecular formula is C12H18BrNO2. The van der Waals surface area contributed by atoms with Crippen LogP contribution < -0.4 is 10.1 Å². The number of hydrogen-bond donors (Lipinski definition) is 2. The van der Waals surface area contributed by atoms with Crippen LogP contribution in [0.15, 0.2) is 16.6 Å². The Morgan fingerprint density at radius 2 is 2.19 bits per heavy atom. The van der Waals surface area contributed by atoms with E-state index in [4.69, 9.17) is 4.74 Å². The van der Waals surface area contributed by atoms with E-state index in [0.717, 1.165) is 27.8 Å². The van der Waals surface area contributed by atoms with Gasteiger partial charge in [0.2, 0.25) is 0 Å². The molecule has 4 heteroatoms. The lowest BCUT2D eigenvalue weighted by Crippen LogP contribution is -2.16. The van der Waals surface area contributed by atoms with Crippen LogP contribution in [0.4, 0.5) is 0 Å². The predicted molar refractivity (Wildman–Crippen MR) is 69.0 cm³/mol. The Bertz CT molecular complexity index is 355. The van der Waals surface area contributed by atoms with Gasteiger partial charge in [0.15, 0.2) is 0 Å². The van der Waals surface area contributed by atoms with Crippen molar-refractivity contribution in [3.63, 3.8) is 0 Å². The number of methoxy groups -OCH3 is 1. The van der Waals surface area contributed by atoms with Crippen molar-refractivity contribution >= 4 is 15.9 Å². The Morgan fingerprint density at radius 3 is 2.69 bits per heavy atom. The number of ether oxygens (including phenoxy) is 1. The summed E-state index contributed by atoms with van der Waals surface area (Å²) in [5.41, 5.74) is 1.98. The highest BCUT2D eigenvalue weighted by Gasteiger charge is 2.13. The van der Waals surface area contributed by atoms with E-state index in [9.17, 15) is 5.11 Å². The van der Waals surface area contributed by atoms with Gasteiger partial charge in [0, 0.05) is 16.6 Å². The topological polar surface area (TPSA) is 41.5 Å². The zero-order valence-corrected chi connectivity index (χ0v) is 11.5. The molecule has 3 nitrogen and oxygen atoms in total. The first-order valence-corrected chi connectivity index (χ1v) is 6.12. The van der Waals surface area contributed by atoms with Crippen LogP contribution in [-0.4, -0.2) is 25.8 Å². The first-order chi connectivity index (χ1) is 7.63. The van der Waals surface area contributed by atoms with Gasteiger partial charge in [0.1, 0.15) is 5.75 Å². The molecule has 1 atom stereocenters. The summed E-state index contributed by atoms with van der Waals surface area (Å²) < 4.78 is 6.31. The Labute approximate surface area is 105 Å². The van der Waals surface area contributed by atoms with E-state index < -0.39 is 6.10 Å². The molecule has 0 saturated carbocycles. The van der Waals surface area contributed by atoms with Crippen LogP contribution in [0.25, 0.3) is 0 Å². The lowest BCUT2D eigenvalue weighted by atomic mass is 10.0. The molecule has 0 heterocycles. The van der Waals surface area contributed by atoms with Crippen LogP contribution in [0.1, 0.15) is 24.2 Å². The first kappa shape index (κ1) is 13.5. The van der Waals surface area contributed by atoms with E-state index in [1.165, 1.54) is 0 Å². The van der Waals surface area contributed by atoms with Crippen LogP contribution in [0.5, 0.6) is 5.75 Å². The fourth-order valence-electron chi connectivity index (χ4n) is 1.66. The van der Waals surface area contributed by atoms with Gasteiger partial charge >= 0.3 is 0 Å². The number of aliphatic hydroxyl groups excluding tert-OH is 1. The molecule has 2 N–H and O–H groups in total. The third-order valence-electron chi connectivity index (χ3n) is 2.53. The van der Waals surface area contributed by atoms with Crippen molar-refractivity contribution < 1.29 is 9.84 Å². The van der Waals surface area contributed by atoms with Gasteiger partial charge in [-0.2, -0.15) is 0 Å². The number of nitrogens with one attached hydrogen (secondary N) is 1. The van der Waals surface area contributed by atoms with Gasteiger partial charge in [-0.05, 0) is 31.2 Å². The van der Waals surface area contributed by atoms with E-state index in [-0.39, 0.29) is 0 Å². The van der Waals surface area contributed by atoms with E-state index in [1.807, 2.05) is 19.2 Å². The second kappa shape index (κ2) is 6.23. The summed E-state index contributed by atoms with van der Waals surface area (Å²) in [7, 11) is 3.46. The number of halogens is 1. The first-order valence-electron chi connectivity index (χ1n) is 5.33. The summed E-state index contributed by atoms with van der Waals surface area (Å²) in [5, 5.41) is 12.8. The molecular weight excluding hydrogens is 270 g/mol. The van der Waals surface area contributed by atoms with Crippen molar-refractivity contribution in [2.45, 2.75) is 19.4 Å². The molecule has 0 fully saturated rings. The number of benzene rings is 1. The maximum atomic E-state index is 9.89. The van der Waals surface area contributed by atoms with Gasteiger partial charge in [-0.25, -0.2) is 0 Å². The van der Waals surface area contributed by atoms with Gasteiger partial charge in [0.05, 0.1) is 13.2 Å². The Hall–Kier alpha value is -0.580. The Morgan fingerprint density at radius 1 is 1.50 bits per heavy atom. The highest BCUT2D eigenvalue weighted by molar-refractivity contribution is 9.10. The Kier molecular flexibility index (Phi) is 5.25. The van der Waals surface area contributed by atoms with E-state index in [2.05, 4.69) is 28.2 Å². The maximum absolute atomic E-state index is 9.89. The monoisotopic (exact) mass is 287 g/mol. The van der Waals surface area contributed by atoms with Crippen molar-refractivity contribution in [2.75, 3.05) is 20.7 Å². The minimum atomic E-state index is -0.513. The summed E-state index contributed by atoms with van der Waals surface area (Å²) >= 11 is 3.51. The quantitative estimate of drug-likeness (QED) is 0.873. The fourth-order valence-corrected chi connectivity index (χ4v) is 2.40. The van der Waals surface area contributed by atoms with Gasteiger partial charge in [-0.3, -0.25) is 0 Å². The van der Waals surface area contributed by atoms with Crippen molar-refractivity contribution in [3.8, 4) is 5.75 Å². The summed E-state index contributed by atoms with van der Waals surface area (Å²) in [4.78, 5) is 0. The third-order valence-corrected chi connectivity index (χ3v) is 3.24. The molecule has 0 saturated heterocycles. The van der Waals surface area contributed by atoms with E-state index in [1.54, 1.807) is 7.11 Å². The molecule has 1 aromatic carbocycles. The molecule has 0 aliphatic carbocycles. The normalized spacial score (nSPS) is 12.6. The zero-order valence-electron chi connectivity index (χ0n) is 9.88. The van der Waals surface area contributed by atoms with Crippen LogP contribution in [0.2, 0.25) is 0 Å². The largest absolute Gasteiger partial charge is 0.496 e. The van der Waals surface area contributed by atoms with Gasteiger partial charge in [-0.15, -0.1) is 0 Å². The van der Waals surface area contributed by atoms with Crippen LogP contribution in [-0.2, 0) is 6.42 Å². The fraction of sp³-hybridized carbons (Fsp3) is 0.500. The minimum absolute atomic E-state index is 0.513. The summed E-state index contributed by atoms with van der Waals surface area (Å²) in [6.45, 7) is 2.60. The summed E-state index contributed by atoms with van der Waals surface area (Å²) in [6, 6.07) is 3.84. The zero-order chi connectivity index (χ0) is 12.1. The van der Waals surface area contributed by atoms with Gasteiger partial charge < -0.3 is 15.2 Å². The molecule has 0 spiro atoms. The minimum Gasteiger partial charge on any atom is -0.496 e. The molecule has 90 valence electrons. The standard InChI is InChI=1S/C12H18BrNO2/c1-4-9-10(13)5-8(6-12(9)16-3)11(15)7-14-2/h5-6,11,14-15H,4,7H2,1-3H3. The third kappa shape index (κ3) is 2.97. The van der Waals surface area contributed by atoms with E-state index >= 15 is 0 Å². The van der Waals surface area contributed by atoms with Gasteiger partial charge in [0.25, 0.3) is 0 Å². The molecule has 0 amide bonds. The van der Waals surface area contributed by atoms with Crippen molar-refractivity contribution in [1.82, 2.24) is 5.32 Å². The number of aliphatic hydroxyl groups is 1. The molecule has 1 aromatic rings. The molecule has 1 unspecified atom stereocenters. The Balaban J connectivity index is 3.09. The molecule has 0 aromatic heterocycles. The SMILES string of the molecule is CCc1c(Br)cc(C(O)CNC)cc1OC. The highest BCUT2D eigenvalue weighted by atomic mass is 79.9. The average Bonchev–Trinajstić information content (AvgIpc) is 2.28. The number of hydrogen-bond acceptors (Lipinski definition) is 3. The number of rotatable bonds is 5. The molecule has 0 radical (unpaired) electrons. The molecule has 1 rings (SSSR count). The lowest BCUT2D eigenvalue weighted by Gasteiger charge is -2.15. The smallest absolute Gasteiger partial charge is 0.123 e. The van der Waals surface area contributed by atoms with Crippen LogP contribution >= 0.6 is 15.9 Å². The molecule has 0 aliphatic rings. The van der Waals surface area contributed by atoms with Gasteiger partial charge in [-0.1, -0.05) is 22.9 Å². The van der Waals surface area contributed by atoms with Crippen molar-refractivity contribution in [3.05, 3.63) is 27.7 Å². The van der Waals surface area contributed by atoms with Crippen molar-refractivity contribution in [1.29, 1.82) is 0 Å². The molecule has 0 aliphatic heterocycles. The average molecular weight is 288 g/mol. The van der Waals surface area contributed by atoms with Crippen LogP contribution in [0, 0.1) is 0 Å². The number of likely N-dealkylation sites (N-methyl/N-ethyl adjacent to an activating group) is 1. The second-order valence-corrected chi connectivity index (χ2v) is 4.46. The van der Waals surface area contributed by atoms with E-state index in [0.29, 0.717) is 6.54 Å². The molecule has 0 bridgehead atoms. The highest BCUT2D eigenvalue weighted by Crippen LogP contribution is 2.31.